The Morgan fingerprint density at radius 1 is 1.40 bits per heavy atom. The van der Waals surface area contributed by atoms with Crippen LogP contribution >= 0.6 is 0 Å². The van der Waals surface area contributed by atoms with E-state index in [4.69, 9.17) is 4.74 Å². The average Bonchev–Trinajstić information content (AvgIpc) is 3.00. The molecular formula is C18H21N3O4. The van der Waals surface area contributed by atoms with Crippen molar-refractivity contribution in [3.05, 3.63) is 40.3 Å². The summed E-state index contributed by atoms with van der Waals surface area (Å²) in [6.45, 7) is 0.498. The lowest BCUT2D eigenvalue weighted by Gasteiger charge is -2.42. The Balaban J connectivity index is 1.71. The number of benzene rings is 1. The van der Waals surface area contributed by atoms with Gasteiger partial charge in [-0.05, 0) is 37.8 Å². The quantitative estimate of drug-likeness (QED) is 0.850. The number of fused-ring (bicyclic) bond motifs is 2. The van der Waals surface area contributed by atoms with Gasteiger partial charge in [0.1, 0.15) is 0 Å². The van der Waals surface area contributed by atoms with E-state index in [1.54, 1.807) is 30.2 Å². The molecule has 1 aromatic carbocycles. The standard InChI is InChI=1S/C18H21N3O4/c1-25-18-7-6-11(22)10-14(18)21(9-8-18)17(24)15-16(23)20-13-5-3-2-4-12(13)19-15/h2-5,11,14,22H,6-10H2,1H3,(H,20,23)/t11-,14-,18+/m0/s1. The van der Waals surface area contributed by atoms with Crippen LogP contribution in [-0.2, 0) is 4.74 Å². The summed E-state index contributed by atoms with van der Waals surface area (Å²) in [5.41, 5.74) is 0.148. The van der Waals surface area contributed by atoms with E-state index in [0.29, 0.717) is 43.3 Å². The molecule has 0 bridgehead atoms. The Labute approximate surface area is 144 Å². The molecule has 0 spiro atoms. The summed E-state index contributed by atoms with van der Waals surface area (Å²) in [7, 11) is 1.65. The molecule has 1 saturated carbocycles. The fourth-order valence-electron chi connectivity index (χ4n) is 4.23. The number of nitrogens with one attached hydrogen (secondary N) is 1. The van der Waals surface area contributed by atoms with Gasteiger partial charge in [-0.3, -0.25) is 9.59 Å². The monoisotopic (exact) mass is 343 g/mol. The van der Waals surface area contributed by atoms with Gasteiger partial charge in [0.15, 0.2) is 5.69 Å². The number of likely N-dealkylation sites (tertiary alicyclic amines) is 1. The van der Waals surface area contributed by atoms with Gasteiger partial charge in [0.05, 0.1) is 28.8 Å². The largest absolute Gasteiger partial charge is 0.393 e. The molecule has 7 nitrogen and oxygen atoms in total. The zero-order valence-corrected chi connectivity index (χ0v) is 14.1. The molecule has 3 atom stereocenters. The lowest BCUT2D eigenvalue weighted by molar-refractivity contribution is -0.0825. The molecule has 25 heavy (non-hydrogen) atoms. The van der Waals surface area contributed by atoms with Crippen molar-refractivity contribution >= 4 is 16.9 Å². The third-order valence-corrected chi connectivity index (χ3v) is 5.63. The van der Waals surface area contributed by atoms with Gasteiger partial charge < -0.3 is 19.7 Å². The second-order valence-corrected chi connectivity index (χ2v) is 6.89. The summed E-state index contributed by atoms with van der Waals surface area (Å²) in [5.74, 6) is -0.398. The van der Waals surface area contributed by atoms with Gasteiger partial charge in [-0.15, -0.1) is 0 Å². The van der Waals surface area contributed by atoms with Gasteiger partial charge in [-0.2, -0.15) is 0 Å². The number of nitrogens with zero attached hydrogens (tertiary/aromatic N) is 2. The van der Waals surface area contributed by atoms with Crippen LogP contribution in [0, 0.1) is 0 Å². The molecule has 2 N–H and O–H groups in total. The number of ether oxygens (including phenoxy) is 1. The van der Waals surface area contributed by atoms with Crippen LogP contribution in [0.3, 0.4) is 0 Å². The predicted molar refractivity (Wildman–Crippen MR) is 91.4 cm³/mol. The summed E-state index contributed by atoms with van der Waals surface area (Å²) < 4.78 is 5.76. The summed E-state index contributed by atoms with van der Waals surface area (Å²) in [6, 6.07) is 6.89. The minimum atomic E-state index is -0.491. The van der Waals surface area contributed by atoms with Gasteiger partial charge in [-0.25, -0.2) is 4.98 Å². The number of rotatable bonds is 2. The van der Waals surface area contributed by atoms with Gasteiger partial charge in [-0.1, -0.05) is 12.1 Å². The second-order valence-electron chi connectivity index (χ2n) is 6.89. The number of methoxy groups -OCH3 is 1. The first-order chi connectivity index (χ1) is 12.0. The molecule has 2 aromatic rings. The highest BCUT2D eigenvalue weighted by atomic mass is 16.5. The molecule has 1 aliphatic carbocycles. The normalized spacial score (nSPS) is 29.0. The van der Waals surface area contributed by atoms with Crippen molar-refractivity contribution in [1.82, 2.24) is 14.9 Å². The molecule has 1 aromatic heterocycles. The zero-order valence-electron chi connectivity index (χ0n) is 14.1. The summed E-state index contributed by atoms with van der Waals surface area (Å²) in [5, 5.41) is 10.1. The minimum absolute atomic E-state index is 0.106. The first-order valence-electron chi connectivity index (χ1n) is 8.57. The zero-order chi connectivity index (χ0) is 17.6. The molecule has 2 aliphatic rings. The molecule has 2 fully saturated rings. The highest BCUT2D eigenvalue weighted by Crippen LogP contribution is 2.42. The Bertz CT molecular complexity index is 880. The van der Waals surface area contributed by atoms with E-state index in [1.165, 1.54) is 0 Å². The Morgan fingerprint density at radius 2 is 2.20 bits per heavy atom. The smallest absolute Gasteiger partial charge is 0.280 e. The lowest BCUT2D eigenvalue weighted by atomic mass is 9.79. The molecule has 132 valence electrons. The minimum Gasteiger partial charge on any atom is -0.393 e. The number of amides is 1. The van der Waals surface area contributed by atoms with E-state index < -0.39 is 23.2 Å². The van der Waals surface area contributed by atoms with Gasteiger partial charge in [0, 0.05) is 13.7 Å². The number of aliphatic hydroxyl groups excluding tert-OH is 1. The number of aliphatic hydroxyl groups is 1. The second kappa shape index (κ2) is 5.93. The molecular weight excluding hydrogens is 322 g/mol. The highest BCUT2D eigenvalue weighted by molar-refractivity contribution is 5.94. The average molecular weight is 343 g/mol. The van der Waals surface area contributed by atoms with E-state index in [0.717, 1.165) is 0 Å². The number of hydrogen-bond donors (Lipinski definition) is 2. The van der Waals surface area contributed by atoms with E-state index in [-0.39, 0.29) is 11.7 Å². The van der Waals surface area contributed by atoms with Crippen LogP contribution < -0.4 is 5.56 Å². The Morgan fingerprint density at radius 3 is 3.00 bits per heavy atom. The number of para-hydroxylation sites is 2. The number of carbonyl (C=O) groups excluding carboxylic acids is 1. The number of H-pyrrole nitrogens is 1. The van der Waals surface area contributed by atoms with Crippen molar-refractivity contribution in [1.29, 1.82) is 0 Å². The molecule has 1 aliphatic heterocycles. The summed E-state index contributed by atoms with van der Waals surface area (Å²) in [6.07, 6.45) is 2.09. The van der Waals surface area contributed by atoms with E-state index in [1.807, 2.05) is 6.07 Å². The van der Waals surface area contributed by atoms with Gasteiger partial charge >= 0.3 is 0 Å². The van der Waals surface area contributed by atoms with Crippen molar-refractivity contribution in [3.63, 3.8) is 0 Å². The van der Waals surface area contributed by atoms with Crippen molar-refractivity contribution in [3.8, 4) is 0 Å². The fraction of sp³-hybridized carbons (Fsp3) is 0.500. The van der Waals surface area contributed by atoms with Crippen LogP contribution in [0.4, 0.5) is 0 Å². The van der Waals surface area contributed by atoms with Crippen LogP contribution in [-0.4, -0.2) is 57.3 Å². The molecule has 2 heterocycles. The predicted octanol–water partition coefficient (Wildman–Crippen LogP) is 1.07. The van der Waals surface area contributed by atoms with E-state index >= 15 is 0 Å². The van der Waals surface area contributed by atoms with Crippen molar-refractivity contribution in [2.75, 3.05) is 13.7 Å². The third-order valence-electron chi connectivity index (χ3n) is 5.63. The van der Waals surface area contributed by atoms with Crippen molar-refractivity contribution < 1.29 is 14.6 Å². The number of hydrogen-bond acceptors (Lipinski definition) is 5. The number of aromatic amines is 1. The fourth-order valence-corrected chi connectivity index (χ4v) is 4.23. The third kappa shape index (κ3) is 2.54. The molecule has 1 saturated heterocycles. The summed E-state index contributed by atoms with van der Waals surface area (Å²) >= 11 is 0. The van der Waals surface area contributed by atoms with E-state index in [2.05, 4.69) is 9.97 Å². The highest BCUT2D eigenvalue weighted by Gasteiger charge is 2.52. The topological polar surface area (TPSA) is 95.5 Å². The maximum atomic E-state index is 13.0. The SMILES string of the molecule is CO[C@@]12CC[C@H](O)C[C@@H]1N(C(=O)c1nc3ccccc3[nH]c1=O)CC2. The van der Waals surface area contributed by atoms with Crippen LogP contribution in [0.1, 0.15) is 36.2 Å². The van der Waals surface area contributed by atoms with E-state index in [9.17, 15) is 14.7 Å². The Hall–Kier alpha value is -2.25. The molecule has 4 rings (SSSR count). The van der Waals surface area contributed by atoms with Crippen molar-refractivity contribution in [2.24, 2.45) is 0 Å². The van der Waals surface area contributed by atoms with Gasteiger partial charge in [0.2, 0.25) is 0 Å². The molecule has 0 unspecified atom stereocenters. The number of carbonyl (C=O) groups is 1. The molecule has 0 radical (unpaired) electrons. The maximum absolute atomic E-state index is 13.0. The van der Waals surface area contributed by atoms with Crippen LogP contribution in [0.5, 0.6) is 0 Å². The van der Waals surface area contributed by atoms with Crippen LogP contribution in [0.25, 0.3) is 11.0 Å². The summed E-state index contributed by atoms with van der Waals surface area (Å²) in [4.78, 5) is 34.1. The lowest BCUT2D eigenvalue weighted by Crippen LogP contribution is -2.53. The maximum Gasteiger partial charge on any atom is 0.280 e. The Kier molecular flexibility index (Phi) is 3.85. The van der Waals surface area contributed by atoms with Gasteiger partial charge in [0.25, 0.3) is 11.5 Å². The molecule has 7 heteroatoms. The first-order valence-corrected chi connectivity index (χ1v) is 8.57. The number of aromatic nitrogens is 2. The van der Waals surface area contributed by atoms with Crippen molar-refractivity contribution in [2.45, 2.75) is 43.4 Å². The van der Waals surface area contributed by atoms with Crippen LogP contribution in [0.15, 0.2) is 29.1 Å². The van der Waals surface area contributed by atoms with Crippen LogP contribution in [0.2, 0.25) is 0 Å². The first kappa shape index (κ1) is 16.2. The molecule has 1 amide bonds.